The molecule has 0 heteroatoms. The number of rotatable bonds is 2. The van der Waals surface area contributed by atoms with Crippen LogP contribution in [-0.2, 0) is 0 Å². The third-order valence-corrected chi connectivity index (χ3v) is 5.74. The average Bonchev–Trinajstić information content (AvgIpc) is 2.37. The molecule has 0 aliphatic heterocycles. The van der Waals surface area contributed by atoms with Crippen molar-refractivity contribution < 1.29 is 0 Å². The first-order valence-corrected chi connectivity index (χ1v) is 6.56. The molecule has 0 radical (unpaired) electrons. The summed E-state index contributed by atoms with van der Waals surface area (Å²) < 4.78 is 0. The zero-order valence-corrected chi connectivity index (χ0v) is 9.97. The van der Waals surface area contributed by atoms with E-state index in [1.807, 2.05) is 0 Å². The summed E-state index contributed by atoms with van der Waals surface area (Å²) in [4.78, 5) is 0. The minimum Gasteiger partial charge on any atom is -0.0596 e. The van der Waals surface area contributed by atoms with Crippen LogP contribution in [0.5, 0.6) is 0 Å². The molecule has 3 rings (SSSR count). The van der Waals surface area contributed by atoms with Gasteiger partial charge in [-0.05, 0) is 47.8 Å². The van der Waals surface area contributed by atoms with E-state index in [9.17, 15) is 0 Å². The lowest BCUT2D eigenvalue weighted by molar-refractivity contribution is 0.118. The van der Waals surface area contributed by atoms with Gasteiger partial charge in [0.1, 0.15) is 0 Å². The Morgan fingerprint density at radius 2 is 1.57 bits per heavy atom. The molecule has 3 fully saturated rings. The van der Waals surface area contributed by atoms with Crippen molar-refractivity contribution in [3.8, 4) is 0 Å². The van der Waals surface area contributed by atoms with Gasteiger partial charge >= 0.3 is 0 Å². The number of hydrogen-bond acceptors (Lipinski definition) is 0. The maximum atomic E-state index is 2.49. The van der Waals surface area contributed by atoms with Crippen molar-refractivity contribution in [2.24, 2.45) is 28.6 Å². The fraction of sp³-hybridized carbons (Fsp3) is 1.00. The van der Waals surface area contributed by atoms with E-state index in [0.717, 1.165) is 23.2 Å². The van der Waals surface area contributed by atoms with Crippen LogP contribution in [0, 0.1) is 28.6 Å². The summed E-state index contributed by atoms with van der Waals surface area (Å²) >= 11 is 0. The van der Waals surface area contributed by atoms with E-state index in [1.165, 1.54) is 19.3 Å². The van der Waals surface area contributed by atoms with Gasteiger partial charge in [0.05, 0.1) is 0 Å². The molecule has 3 saturated carbocycles. The van der Waals surface area contributed by atoms with Gasteiger partial charge in [0.15, 0.2) is 0 Å². The second kappa shape index (κ2) is 2.57. The highest BCUT2D eigenvalue weighted by Gasteiger charge is 2.73. The smallest absolute Gasteiger partial charge is 0.0184 e. The zero-order chi connectivity index (χ0) is 9.97. The van der Waals surface area contributed by atoms with Gasteiger partial charge in [-0.3, -0.25) is 0 Å². The summed E-state index contributed by atoms with van der Waals surface area (Å²) in [6, 6.07) is 0. The predicted octanol–water partition coefficient (Wildman–Crippen LogP) is 4.25. The standard InChI is InChI=1S/C14H24/c1-13(2,3)14(9-10-5-4-6-10)11-7-8-12(11)14/h10-12H,4-9H2,1-3H3. The quantitative estimate of drug-likeness (QED) is 0.613. The molecule has 80 valence electrons. The van der Waals surface area contributed by atoms with Crippen LogP contribution in [0.4, 0.5) is 0 Å². The molecule has 0 spiro atoms. The predicted molar refractivity (Wildman–Crippen MR) is 60.1 cm³/mol. The van der Waals surface area contributed by atoms with Gasteiger partial charge in [0, 0.05) is 0 Å². The fourth-order valence-electron chi connectivity index (χ4n) is 4.52. The van der Waals surface area contributed by atoms with Crippen molar-refractivity contribution in [1.29, 1.82) is 0 Å². The molecule has 2 unspecified atom stereocenters. The van der Waals surface area contributed by atoms with E-state index in [1.54, 1.807) is 19.3 Å². The van der Waals surface area contributed by atoms with Gasteiger partial charge in [-0.2, -0.15) is 0 Å². The molecule has 0 bridgehead atoms. The Morgan fingerprint density at radius 1 is 1.00 bits per heavy atom. The van der Waals surface area contributed by atoms with Gasteiger partial charge < -0.3 is 0 Å². The Bertz CT molecular complexity index is 231. The van der Waals surface area contributed by atoms with E-state index in [-0.39, 0.29) is 0 Å². The summed E-state index contributed by atoms with van der Waals surface area (Å²) in [6.45, 7) is 7.47. The van der Waals surface area contributed by atoms with Gasteiger partial charge in [-0.1, -0.05) is 40.0 Å². The normalized spacial score (nSPS) is 46.5. The second-order valence-corrected chi connectivity index (χ2v) is 7.08. The Hall–Kier alpha value is 0. The lowest BCUT2D eigenvalue weighted by Crippen LogP contribution is -2.29. The van der Waals surface area contributed by atoms with E-state index in [4.69, 9.17) is 0 Å². The van der Waals surface area contributed by atoms with Crippen molar-refractivity contribution in [3.63, 3.8) is 0 Å². The van der Waals surface area contributed by atoms with Crippen LogP contribution < -0.4 is 0 Å². The van der Waals surface area contributed by atoms with Crippen LogP contribution in [0.2, 0.25) is 0 Å². The van der Waals surface area contributed by atoms with Gasteiger partial charge in [-0.25, -0.2) is 0 Å². The van der Waals surface area contributed by atoms with E-state index >= 15 is 0 Å². The minimum atomic E-state index is 0.578. The maximum absolute atomic E-state index is 2.49. The molecule has 0 nitrogen and oxygen atoms in total. The molecule has 3 aliphatic carbocycles. The van der Waals surface area contributed by atoms with Crippen LogP contribution in [0.15, 0.2) is 0 Å². The van der Waals surface area contributed by atoms with Gasteiger partial charge in [0.2, 0.25) is 0 Å². The fourth-order valence-corrected chi connectivity index (χ4v) is 4.52. The first-order chi connectivity index (χ1) is 6.56. The monoisotopic (exact) mass is 192 g/mol. The molecule has 0 heterocycles. The zero-order valence-electron chi connectivity index (χ0n) is 9.97. The summed E-state index contributed by atoms with van der Waals surface area (Å²) in [7, 11) is 0. The summed E-state index contributed by atoms with van der Waals surface area (Å²) in [5, 5.41) is 0. The van der Waals surface area contributed by atoms with E-state index in [2.05, 4.69) is 20.8 Å². The molecule has 0 aromatic rings. The Balaban J connectivity index is 1.76. The molecule has 0 aromatic carbocycles. The minimum absolute atomic E-state index is 0.578. The molecule has 0 N–H and O–H groups in total. The third kappa shape index (κ3) is 0.955. The van der Waals surface area contributed by atoms with E-state index < -0.39 is 0 Å². The van der Waals surface area contributed by atoms with Crippen LogP contribution >= 0.6 is 0 Å². The molecular formula is C14H24. The average molecular weight is 192 g/mol. The summed E-state index contributed by atoms with van der Waals surface area (Å²) in [6.07, 6.45) is 9.27. The van der Waals surface area contributed by atoms with Crippen molar-refractivity contribution in [3.05, 3.63) is 0 Å². The molecular weight excluding hydrogens is 168 g/mol. The first-order valence-electron chi connectivity index (χ1n) is 6.56. The Kier molecular flexibility index (Phi) is 1.70. The molecule has 0 saturated heterocycles. The lowest BCUT2D eigenvalue weighted by atomic mass is 9.67. The number of fused-ring (bicyclic) bond motifs is 1. The molecule has 3 aliphatic rings. The molecule has 14 heavy (non-hydrogen) atoms. The second-order valence-electron chi connectivity index (χ2n) is 7.08. The highest BCUT2D eigenvalue weighted by molar-refractivity contribution is 5.21. The van der Waals surface area contributed by atoms with Crippen LogP contribution in [0.25, 0.3) is 0 Å². The number of hydrogen-bond donors (Lipinski definition) is 0. The summed E-state index contributed by atoms with van der Waals surface area (Å²) in [5.74, 6) is 3.39. The summed E-state index contributed by atoms with van der Waals surface area (Å²) in [5.41, 5.74) is 1.37. The van der Waals surface area contributed by atoms with Crippen molar-refractivity contribution >= 4 is 0 Å². The Labute approximate surface area is 88.5 Å². The third-order valence-electron chi connectivity index (χ3n) is 5.74. The maximum Gasteiger partial charge on any atom is -0.0184 e. The van der Waals surface area contributed by atoms with Crippen molar-refractivity contribution in [2.75, 3.05) is 0 Å². The highest BCUT2D eigenvalue weighted by atomic mass is 14.8. The largest absolute Gasteiger partial charge is 0.0596 e. The molecule has 0 amide bonds. The first kappa shape index (κ1) is 9.24. The van der Waals surface area contributed by atoms with Crippen LogP contribution in [0.3, 0.4) is 0 Å². The van der Waals surface area contributed by atoms with Gasteiger partial charge in [-0.15, -0.1) is 0 Å². The highest BCUT2D eigenvalue weighted by Crippen LogP contribution is 2.79. The topological polar surface area (TPSA) is 0 Å². The van der Waals surface area contributed by atoms with Crippen molar-refractivity contribution in [1.82, 2.24) is 0 Å². The molecule has 2 atom stereocenters. The molecule has 0 aromatic heterocycles. The Morgan fingerprint density at radius 3 is 1.86 bits per heavy atom. The van der Waals surface area contributed by atoms with Crippen LogP contribution in [-0.4, -0.2) is 0 Å². The van der Waals surface area contributed by atoms with E-state index in [0.29, 0.717) is 5.41 Å². The SMILES string of the molecule is CC(C)(C)C1(CC2CCC2)C2CCC21. The van der Waals surface area contributed by atoms with Gasteiger partial charge in [0.25, 0.3) is 0 Å². The van der Waals surface area contributed by atoms with Crippen molar-refractivity contribution in [2.45, 2.75) is 59.3 Å². The van der Waals surface area contributed by atoms with Crippen LogP contribution in [0.1, 0.15) is 59.3 Å². The lowest BCUT2D eigenvalue weighted by Gasteiger charge is -2.38.